The molecule has 0 saturated heterocycles. The molecule has 0 heterocycles. The Morgan fingerprint density at radius 3 is 2.23 bits per heavy atom. The number of para-hydroxylation sites is 1. The van der Waals surface area contributed by atoms with Crippen LogP contribution in [0.3, 0.4) is 0 Å². The fourth-order valence-electron chi connectivity index (χ4n) is 3.04. The molecule has 2 aromatic rings. The first-order valence-corrected chi connectivity index (χ1v) is 10.8. The number of sulfonamides is 1. The first kappa shape index (κ1) is 23.3. The number of rotatable bonds is 9. The lowest BCUT2D eigenvalue weighted by atomic mass is 10.1. The van der Waals surface area contributed by atoms with Crippen LogP contribution in [0.5, 0.6) is 17.2 Å². The van der Waals surface area contributed by atoms with Crippen LogP contribution in [0, 0.1) is 5.82 Å². The van der Waals surface area contributed by atoms with Crippen LogP contribution in [-0.4, -0.2) is 48.0 Å². The first-order valence-electron chi connectivity index (χ1n) is 8.95. The third kappa shape index (κ3) is 4.93. The van der Waals surface area contributed by atoms with Crippen molar-refractivity contribution in [2.45, 2.75) is 19.5 Å². The van der Waals surface area contributed by atoms with Gasteiger partial charge in [-0.2, -0.15) is 0 Å². The highest BCUT2D eigenvalue weighted by molar-refractivity contribution is 7.92. The van der Waals surface area contributed by atoms with Crippen LogP contribution in [0.25, 0.3) is 0 Å². The summed E-state index contributed by atoms with van der Waals surface area (Å²) in [6.07, 6.45) is 0.917. The number of hydrogen-bond donors (Lipinski definition) is 1. The second-order valence-corrected chi connectivity index (χ2v) is 8.26. The van der Waals surface area contributed by atoms with E-state index < -0.39 is 27.8 Å². The first-order chi connectivity index (χ1) is 14.1. The molecule has 0 bridgehead atoms. The van der Waals surface area contributed by atoms with E-state index in [2.05, 4.69) is 5.32 Å². The van der Waals surface area contributed by atoms with E-state index in [-0.39, 0.29) is 12.2 Å². The summed E-state index contributed by atoms with van der Waals surface area (Å²) in [5.74, 6) is -0.159. The van der Waals surface area contributed by atoms with Gasteiger partial charge in [0, 0.05) is 12.1 Å². The molecule has 1 atom stereocenters. The standard InChI is InChI=1S/C20H25FN2O6S/c1-13(23(30(5,25)26)16-9-7-6-8-15(16)21)20(24)22-12-14-10-11-17(27-2)19(29-4)18(14)28-3/h6-11,13H,12H2,1-5H3,(H,22,24)/t13-/m0/s1. The van der Waals surface area contributed by atoms with Crippen LogP contribution < -0.4 is 23.8 Å². The van der Waals surface area contributed by atoms with Gasteiger partial charge in [-0.1, -0.05) is 12.1 Å². The molecule has 0 aliphatic heterocycles. The monoisotopic (exact) mass is 440 g/mol. The highest BCUT2D eigenvalue weighted by Crippen LogP contribution is 2.39. The lowest BCUT2D eigenvalue weighted by Crippen LogP contribution is -2.48. The van der Waals surface area contributed by atoms with Crippen molar-refractivity contribution < 1.29 is 31.8 Å². The SMILES string of the molecule is COc1ccc(CNC(=O)[C@H](C)N(c2ccccc2F)S(C)(=O)=O)c(OC)c1OC. The Morgan fingerprint density at radius 1 is 1.07 bits per heavy atom. The number of hydrogen-bond acceptors (Lipinski definition) is 6. The Morgan fingerprint density at radius 2 is 1.70 bits per heavy atom. The lowest BCUT2D eigenvalue weighted by Gasteiger charge is -2.28. The summed E-state index contributed by atoms with van der Waals surface area (Å²) in [6.45, 7) is 1.41. The van der Waals surface area contributed by atoms with Crippen molar-refractivity contribution in [3.63, 3.8) is 0 Å². The van der Waals surface area contributed by atoms with Crippen molar-refractivity contribution in [3.05, 3.63) is 47.8 Å². The van der Waals surface area contributed by atoms with Gasteiger partial charge < -0.3 is 19.5 Å². The number of nitrogens with zero attached hydrogens (tertiary/aromatic N) is 1. The predicted molar refractivity (Wildman–Crippen MR) is 111 cm³/mol. The van der Waals surface area contributed by atoms with Crippen molar-refractivity contribution in [3.8, 4) is 17.2 Å². The largest absolute Gasteiger partial charge is 0.493 e. The smallest absolute Gasteiger partial charge is 0.243 e. The van der Waals surface area contributed by atoms with Crippen LogP contribution in [0.2, 0.25) is 0 Å². The normalized spacial score (nSPS) is 12.1. The van der Waals surface area contributed by atoms with Crippen molar-refractivity contribution in [1.82, 2.24) is 5.32 Å². The number of halogens is 1. The molecule has 0 aromatic heterocycles. The second kappa shape index (κ2) is 9.66. The van der Waals surface area contributed by atoms with Crippen LogP contribution in [0.4, 0.5) is 10.1 Å². The number of ether oxygens (including phenoxy) is 3. The fraction of sp³-hybridized carbons (Fsp3) is 0.350. The molecular weight excluding hydrogens is 415 g/mol. The fourth-order valence-corrected chi connectivity index (χ4v) is 4.22. The Balaban J connectivity index is 2.28. The number of benzene rings is 2. The van der Waals surface area contributed by atoms with Crippen LogP contribution in [0.1, 0.15) is 12.5 Å². The van der Waals surface area contributed by atoms with E-state index in [1.165, 1.54) is 46.5 Å². The number of nitrogens with one attached hydrogen (secondary N) is 1. The van der Waals surface area contributed by atoms with Gasteiger partial charge in [-0.25, -0.2) is 12.8 Å². The number of amides is 1. The average Bonchev–Trinajstić information content (AvgIpc) is 2.71. The molecule has 0 saturated carbocycles. The number of carbonyl (C=O) groups is 1. The average molecular weight is 440 g/mol. The minimum Gasteiger partial charge on any atom is -0.493 e. The van der Waals surface area contributed by atoms with E-state index in [0.717, 1.165) is 16.6 Å². The zero-order chi connectivity index (χ0) is 22.5. The topological polar surface area (TPSA) is 94.2 Å². The van der Waals surface area contributed by atoms with Crippen molar-refractivity contribution >= 4 is 21.6 Å². The number of methoxy groups -OCH3 is 3. The summed E-state index contributed by atoms with van der Waals surface area (Å²) in [5.41, 5.74) is 0.388. The van der Waals surface area contributed by atoms with Gasteiger partial charge in [-0.15, -0.1) is 0 Å². The summed E-state index contributed by atoms with van der Waals surface area (Å²) in [6, 6.07) is 7.53. The Bertz CT molecular complexity index is 1010. The number of anilines is 1. The van der Waals surface area contributed by atoms with Crippen LogP contribution in [0.15, 0.2) is 36.4 Å². The molecule has 1 amide bonds. The van der Waals surface area contributed by atoms with Crippen molar-refractivity contribution in [2.24, 2.45) is 0 Å². The van der Waals surface area contributed by atoms with Crippen molar-refractivity contribution in [1.29, 1.82) is 0 Å². The summed E-state index contributed by atoms with van der Waals surface area (Å²) < 4.78 is 55.5. The molecule has 30 heavy (non-hydrogen) atoms. The lowest BCUT2D eigenvalue weighted by molar-refractivity contribution is -0.122. The van der Waals surface area contributed by atoms with E-state index in [1.807, 2.05) is 0 Å². The van der Waals surface area contributed by atoms with Gasteiger partial charge >= 0.3 is 0 Å². The van der Waals surface area contributed by atoms with Gasteiger partial charge in [0.1, 0.15) is 11.9 Å². The quantitative estimate of drug-likeness (QED) is 0.643. The number of carbonyl (C=O) groups excluding carboxylic acids is 1. The molecule has 0 spiro atoms. The van der Waals surface area contributed by atoms with Gasteiger partial charge in [0.05, 0.1) is 33.3 Å². The molecule has 0 aliphatic carbocycles. The molecule has 10 heteroatoms. The minimum absolute atomic E-state index is 0.0293. The maximum absolute atomic E-state index is 14.2. The van der Waals surface area contributed by atoms with Gasteiger partial charge in [0.2, 0.25) is 21.7 Å². The van der Waals surface area contributed by atoms with E-state index in [1.54, 1.807) is 12.1 Å². The summed E-state index contributed by atoms with van der Waals surface area (Å²) >= 11 is 0. The molecule has 0 fully saturated rings. The third-order valence-corrected chi connectivity index (χ3v) is 5.64. The molecule has 2 aromatic carbocycles. The van der Waals surface area contributed by atoms with E-state index in [9.17, 15) is 17.6 Å². The predicted octanol–water partition coefficient (Wildman–Crippen LogP) is 2.32. The zero-order valence-electron chi connectivity index (χ0n) is 17.4. The molecule has 1 N–H and O–H groups in total. The molecule has 0 radical (unpaired) electrons. The van der Waals surface area contributed by atoms with E-state index in [4.69, 9.17) is 14.2 Å². The van der Waals surface area contributed by atoms with Gasteiger partial charge in [0.15, 0.2) is 11.5 Å². The molecule has 0 unspecified atom stereocenters. The minimum atomic E-state index is -3.93. The van der Waals surface area contributed by atoms with Gasteiger partial charge in [-0.3, -0.25) is 9.10 Å². The Labute approximate surface area is 175 Å². The highest BCUT2D eigenvalue weighted by atomic mass is 32.2. The van der Waals surface area contributed by atoms with Gasteiger partial charge in [-0.05, 0) is 31.2 Å². The summed E-state index contributed by atoms with van der Waals surface area (Å²) in [4.78, 5) is 12.7. The van der Waals surface area contributed by atoms with Crippen LogP contribution >= 0.6 is 0 Å². The maximum atomic E-state index is 14.2. The highest BCUT2D eigenvalue weighted by Gasteiger charge is 2.31. The third-order valence-electron chi connectivity index (χ3n) is 4.42. The summed E-state index contributed by atoms with van der Waals surface area (Å²) in [5, 5.41) is 2.66. The van der Waals surface area contributed by atoms with E-state index in [0.29, 0.717) is 22.8 Å². The van der Waals surface area contributed by atoms with Gasteiger partial charge in [0.25, 0.3) is 0 Å². The maximum Gasteiger partial charge on any atom is 0.243 e. The van der Waals surface area contributed by atoms with E-state index >= 15 is 0 Å². The Kier molecular flexibility index (Phi) is 7.49. The molecule has 8 nitrogen and oxygen atoms in total. The van der Waals surface area contributed by atoms with Crippen LogP contribution in [-0.2, 0) is 21.4 Å². The summed E-state index contributed by atoms with van der Waals surface area (Å²) in [7, 11) is 0.475. The molecule has 0 aliphatic rings. The second-order valence-electron chi connectivity index (χ2n) is 6.40. The zero-order valence-corrected chi connectivity index (χ0v) is 18.2. The molecular formula is C20H25FN2O6S. The molecule has 164 valence electrons. The van der Waals surface area contributed by atoms with Crippen molar-refractivity contribution in [2.75, 3.05) is 31.9 Å². The molecule has 2 rings (SSSR count). The Hall–Kier alpha value is -3.01.